The summed E-state index contributed by atoms with van der Waals surface area (Å²) in [6.45, 7) is 1.56. The van der Waals surface area contributed by atoms with E-state index < -0.39 is 0 Å². The molecular weight excluding hydrogens is 399 g/mol. The van der Waals surface area contributed by atoms with Crippen molar-refractivity contribution in [1.29, 1.82) is 0 Å². The summed E-state index contributed by atoms with van der Waals surface area (Å²) in [4.78, 5) is 16.5. The standard InChI is InChI=1S/C17H13Cl3N4O2/c1-10-6-16(24(23-10)15-4-2-3-5-21-15)22-17(25)9-26-14-8-12(19)11(18)7-13(14)20/h2-8H,9H2,1H3,(H,22,25). The molecule has 1 aromatic carbocycles. The molecule has 1 amide bonds. The van der Waals surface area contributed by atoms with Gasteiger partial charge in [-0.3, -0.25) is 4.79 Å². The molecule has 0 radical (unpaired) electrons. The van der Waals surface area contributed by atoms with E-state index in [0.29, 0.717) is 16.7 Å². The number of pyridine rings is 1. The SMILES string of the molecule is Cc1cc(NC(=O)COc2cc(Cl)c(Cl)cc2Cl)n(-c2ccccn2)n1. The molecule has 9 heteroatoms. The van der Waals surface area contributed by atoms with Gasteiger partial charge in [0.15, 0.2) is 12.4 Å². The number of aromatic nitrogens is 3. The molecule has 6 nitrogen and oxygen atoms in total. The summed E-state index contributed by atoms with van der Waals surface area (Å²) in [7, 11) is 0. The number of rotatable bonds is 5. The van der Waals surface area contributed by atoms with Crippen molar-refractivity contribution in [2.75, 3.05) is 11.9 Å². The van der Waals surface area contributed by atoms with Crippen LogP contribution in [0.15, 0.2) is 42.6 Å². The number of nitrogens with zero attached hydrogens (tertiary/aromatic N) is 3. The van der Waals surface area contributed by atoms with Crippen LogP contribution in [-0.2, 0) is 4.79 Å². The number of hydrogen-bond donors (Lipinski definition) is 1. The van der Waals surface area contributed by atoms with Crippen molar-refractivity contribution in [3.63, 3.8) is 0 Å². The van der Waals surface area contributed by atoms with Crippen LogP contribution in [0, 0.1) is 6.92 Å². The van der Waals surface area contributed by atoms with E-state index in [2.05, 4.69) is 15.4 Å². The van der Waals surface area contributed by atoms with E-state index in [-0.39, 0.29) is 28.3 Å². The Hall–Kier alpha value is -2.28. The first-order valence-corrected chi connectivity index (χ1v) is 8.62. The molecule has 0 saturated carbocycles. The van der Waals surface area contributed by atoms with Crippen LogP contribution in [0.25, 0.3) is 5.82 Å². The zero-order chi connectivity index (χ0) is 18.7. The molecule has 0 saturated heterocycles. The quantitative estimate of drug-likeness (QED) is 0.625. The van der Waals surface area contributed by atoms with Crippen LogP contribution in [0.3, 0.4) is 0 Å². The van der Waals surface area contributed by atoms with Gasteiger partial charge in [0.2, 0.25) is 0 Å². The fraction of sp³-hybridized carbons (Fsp3) is 0.118. The van der Waals surface area contributed by atoms with Crippen LogP contribution in [0.4, 0.5) is 5.82 Å². The molecule has 1 N–H and O–H groups in total. The van der Waals surface area contributed by atoms with Gasteiger partial charge in [0.05, 0.1) is 20.8 Å². The van der Waals surface area contributed by atoms with E-state index in [9.17, 15) is 4.79 Å². The molecule has 0 fully saturated rings. The first kappa shape index (κ1) is 18.5. The molecule has 26 heavy (non-hydrogen) atoms. The lowest BCUT2D eigenvalue weighted by Gasteiger charge is -2.10. The second-order valence-electron chi connectivity index (χ2n) is 5.30. The maximum absolute atomic E-state index is 12.2. The minimum absolute atomic E-state index is 0.260. The maximum atomic E-state index is 12.2. The van der Waals surface area contributed by atoms with E-state index in [1.165, 1.54) is 12.1 Å². The van der Waals surface area contributed by atoms with E-state index >= 15 is 0 Å². The Bertz CT molecular complexity index is 945. The summed E-state index contributed by atoms with van der Waals surface area (Å²) < 4.78 is 6.97. The average Bonchev–Trinajstić information content (AvgIpc) is 2.98. The van der Waals surface area contributed by atoms with Crippen molar-refractivity contribution in [1.82, 2.24) is 14.8 Å². The van der Waals surface area contributed by atoms with Gasteiger partial charge in [-0.15, -0.1) is 0 Å². The second-order valence-corrected chi connectivity index (χ2v) is 6.53. The van der Waals surface area contributed by atoms with Crippen LogP contribution in [-0.4, -0.2) is 27.3 Å². The van der Waals surface area contributed by atoms with Gasteiger partial charge in [-0.25, -0.2) is 4.98 Å². The van der Waals surface area contributed by atoms with Gasteiger partial charge in [0.1, 0.15) is 11.6 Å². The zero-order valence-electron chi connectivity index (χ0n) is 13.5. The highest BCUT2D eigenvalue weighted by Crippen LogP contribution is 2.33. The summed E-state index contributed by atoms with van der Waals surface area (Å²) in [5.41, 5.74) is 0.736. The molecule has 0 bridgehead atoms. The van der Waals surface area contributed by atoms with Crippen molar-refractivity contribution in [2.24, 2.45) is 0 Å². The summed E-state index contributed by atoms with van der Waals surface area (Å²) in [6.07, 6.45) is 1.65. The van der Waals surface area contributed by atoms with Crippen LogP contribution in [0.2, 0.25) is 15.1 Å². The molecule has 3 rings (SSSR count). The highest BCUT2D eigenvalue weighted by molar-refractivity contribution is 6.43. The summed E-state index contributed by atoms with van der Waals surface area (Å²) in [5, 5.41) is 7.93. The number of aryl methyl sites for hydroxylation is 1. The van der Waals surface area contributed by atoms with Gasteiger partial charge in [0, 0.05) is 18.3 Å². The number of ether oxygens (including phenoxy) is 1. The fourth-order valence-corrected chi connectivity index (χ4v) is 2.77. The Balaban J connectivity index is 1.71. The number of carbonyl (C=O) groups excluding carboxylic acids is 1. The van der Waals surface area contributed by atoms with Gasteiger partial charge in [-0.2, -0.15) is 9.78 Å². The lowest BCUT2D eigenvalue weighted by Crippen LogP contribution is -2.22. The van der Waals surface area contributed by atoms with Gasteiger partial charge < -0.3 is 10.1 Å². The molecule has 0 aliphatic carbocycles. The number of benzene rings is 1. The Morgan fingerprint density at radius 2 is 1.92 bits per heavy atom. The fourth-order valence-electron chi connectivity index (χ4n) is 2.18. The van der Waals surface area contributed by atoms with Crippen molar-refractivity contribution >= 4 is 46.5 Å². The highest BCUT2D eigenvalue weighted by atomic mass is 35.5. The molecule has 2 heterocycles. The zero-order valence-corrected chi connectivity index (χ0v) is 15.8. The highest BCUT2D eigenvalue weighted by Gasteiger charge is 2.13. The normalized spacial score (nSPS) is 10.6. The van der Waals surface area contributed by atoms with Gasteiger partial charge in [-0.05, 0) is 25.1 Å². The number of carbonyl (C=O) groups is 1. The van der Waals surface area contributed by atoms with Crippen molar-refractivity contribution < 1.29 is 9.53 Å². The largest absolute Gasteiger partial charge is 0.482 e. The summed E-state index contributed by atoms with van der Waals surface area (Å²) >= 11 is 17.8. The third-order valence-electron chi connectivity index (χ3n) is 3.30. The van der Waals surface area contributed by atoms with Gasteiger partial charge in [0.25, 0.3) is 5.91 Å². The number of nitrogens with one attached hydrogen (secondary N) is 1. The smallest absolute Gasteiger partial charge is 0.263 e. The third kappa shape index (κ3) is 4.27. The molecular formula is C17H13Cl3N4O2. The van der Waals surface area contributed by atoms with Crippen LogP contribution >= 0.6 is 34.8 Å². The van der Waals surface area contributed by atoms with Crippen LogP contribution < -0.4 is 10.1 Å². The molecule has 3 aromatic rings. The Labute approximate surface area is 164 Å². The molecule has 0 aliphatic heterocycles. The topological polar surface area (TPSA) is 69.0 Å². The summed E-state index contributed by atoms with van der Waals surface area (Å²) in [5.74, 6) is 0.953. The summed E-state index contributed by atoms with van der Waals surface area (Å²) in [6, 6.07) is 10.1. The van der Waals surface area contributed by atoms with E-state index in [4.69, 9.17) is 39.5 Å². The maximum Gasteiger partial charge on any atom is 0.263 e. The predicted octanol–water partition coefficient (Wildman–Crippen LogP) is 4.55. The minimum Gasteiger partial charge on any atom is -0.482 e. The third-order valence-corrected chi connectivity index (χ3v) is 4.32. The van der Waals surface area contributed by atoms with E-state index in [0.717, 1.165) is 5.69 Å². The second kappa shape index (κ2) is 7.95. The van der Waals surface area contributed by atoms with E-state index in [1.807, 2.05) is 13.0 Å². The van der Waals surface area contributed by atoms with Crippen LogP contribution in [0.5, 0.6) is 5.75 Å². The monoisotopic (exact) mass is 410 g/mol. The predicted molar refractivity (Wildman–Crippen MR) is 102 cm³/mol. The molecule has 134 valence electrons. The molecule has 0 atom stereocenters. The van der Waals surface area contributed by atoms with Crippen molar-refractivity contribution in [3.05, 3.63) is 63.4 Å². The van der Waals surface area contributed by atoms with Crippen LogP contribution in [0.1, 0.15) is 5.69 Å². The lowest BCUT2D eigenvalue weighted by molar-refractivity contribution is -0.118. The number of hydrogen-bond acceptors (Lipinski definition) is 4. The Kier molecular flexibility index (Phi) is 5.66. The first-order valence-electron chi connectivity index (χ1n) is 7.49. The Morgan fingerprint density at radius 3 is 2.65 bits per heavy atom. The number of amides is 1. The van der Waals surface area contributed by atoms with Crippen molar-refractivity contribution in [2.45, 2.75) is 6.92 Å². The first-order chi connectivity index (χ1) is 12.4. The average molecular weight is 412 g/mol. The molecule has 0 unspecified atom stereocenters. The van der Waals surface area contributed by atoms with Gasteiger partial charge >= 0.3 is 0 Å². The molecule has 0 spiro atoms. The molecule has 2 aromatic heterocycles. The van der Waals surface area contributed by atoms with E-state index in [1.54, 1.807) is 29.1 Å². The van der Waals surface area contributed by atoms with Crippen molar-refractivity contribution in [3.8, 4) is 11.6 Å². The molecule has 0 aliphatic rings. The number of halogens is 3. The number of anilines is 1. The minimum atomic E-state index is -0.385. The Morgan fingerprint density at radius 1 is 1.15 bits per heavy atom. The van der Waals surface area contributed by atoms with Gasteiger partial charge in [-0.1, -0.05) is 40.9 Å². The lowest BCUT2D eigenvalue weighted by atomic mass is 10.3.